The smallest absolute Gasteiger partial charge is 0.223 e. The molecule has 0 radical (unpaired) electrons. The van der Waals surface area contributed by atoms with Gasteiger partial charge in [0, 0.05) is 51.0 Å². The minimum absolute atomic E-state index is 0.0550. The fraction of sp³-hybridized carbons (Fsp3) is 0.895. The highest BCUT2D eigenvalue weighted by molar-refractivity contribution is 5.84. The van der Waals surface area contributed by atoms with Gasteiger partial charge in [0.15, 0.2) is 0 Å². The Kier molecular flexibility index (Phi) is 7.69. The molecule has 1 atom stereocenters. The van der Waals surface area contributed by atoms with Crippen LogP contribution in [0.4, 0.5) is 0 Å². The highest BCUT2D eigenvalue weighted by atomic mass is 16.3. The first-order chi connectivity index (χ1) is 12.0. The van der Waals surface area contributed by atoms with Crippen LogP contribution in [-0.2, 0) is 9.59 Å². The zero-order valence-electron chi connectivity index (χ0n) is 16.0. The molecule has 0 bridgehead atoms. The molecule has 2 amide bonds. The number of rotatable bonds is 6. The van der Waals surface area contributed by atoms with E-state index in [1.54, 1.807) is 0 Å². The van der Waals surface area contributed by atoms with E-state index in [-0.39, 0.29) is 23.8 Å². The first-order valence-corrected chi connectivity index (χ1v) is 9.77. The molecule has 6 heteroatoms. The van der Waals surface area contributed by atoms with Crippen LogP contribution in [0.25, 0.3) is 0 Å². The fourth-order valence-corrected chi connectivity index (χ4v) is 4.25. The summed E-state index contributed by atoms with van der Waals surface area (Å²) in [4.78, 5) is 30.8. The predicted molar refractivity (Wildman–Crippen MR) is 98.2 cm³/mol. The van der Waals surface area contributed by atoms with Gasteiger partial charge < -0.3 is 19.8 Å². The second-order valence-corrected chi connectivity index (χ2v) is 8.11. The number of likely N-dealkylation sites (tertiary alicyclic amines) is 2. The third-order valence-electron chi connectivity index (χ3n) is 5.51. The Bertz CT molecular complexity index is 447. The van der Waals surface area contributed by atoms with Crippen molar-refractivity contribution < 1.29 is 14.7 Å². The lowest BCUT2D eigenvalue weighted by Gasteiger charge is -2.43. The molecule has 1 N–H and O–H groups in total. The van der Waals surface area contributed by atoms with E-state index in [9.17, 15) is 14.7 Å². The van der Waals surface area contributed by atoms with Gasteiger partial charge in [-0.3, -0.25) is 9.59 Å². The zero-order valence-corrected chi connectivity index (χ0v) is 16.0. The lowest BCUT2D eigenvalue weighted by Crippen LogP contribution is -2.52. The second kappa shape index (κ2) is 9.53. The van der Waals surface area contributed by atoms with E-state index >= 15 is 0 Å². The minimum Gasteiger partial charge on any atom is -0.396 e. The van der Waals surface area contributed by atoms with Crippen molar-refractivity contribution in [2.24, 2.45) is 5.41 Å². The molecule has 0 aromatic heterocycles. The number of carbonyl (C=O) groups is 2. The van der Waals surface area contributed by atoms with Gasteiger partial charge >= 0.3 is 0 Å². The van der Waals surface area contributed by atoms with Crippen molar-refractivity contribution in [2.45, 2.75) is 51.4 Å². The van der Waals surface area contributed by atoms with Crippen LogP contribution in [0.1, 0.15) is 51.4 Å². The summed E-state index contributed by atoms with van der Waals surface area (Å²) in [6.45, 7) is 3.90. The van der Waals surface area contributed by atoms with Gasteiger partial charge in [0.05, 0.1) is 6.61 Å². The Morgan fingerprint density at radius 3 is 2.04 bits per heavy atom. The van der Waals surface area contributed by atoms with Gasteiger partial charge in [-0.05, 0) is 39.8 Å². The molecular formula is C19H35N3O3. The molecule has 2 fully saturated rings. The molecule has 2 rings (SSSR count). The number of hydrogen-bond acceptors (Lipinski definition) is 4. The molecule has 2 aliphatic heterocycles. The van der Waals surface area contributed by atoms with E-state index in [0.29, 0.717) is 19.4 Å². The maximum atomic E-state index is 12.6. The van der Waals surface area contributed by atoms with E-state index < -0.39 is 0 Å². The van der Waals surface area contributed by atoms with Crippen molar-refractivity contribution in [3.05, 3.63) is 0 Å². The van der Waals surface area contributed by atoms with Gasteiger partial charge in [0.2, 0.25) is 11.8 Å². The normalized spacial score (nSPS) is 25.1. The molecule has 0 spiro atoms. The molecule has 0 aromatic carbocycles. The number of hydrogen-bond donors (Lipinski definition) is 1. The molecule has 25 heavy (non-hydrogen) atoms. The van der Waals surface area contributed by atoms with E-state index in [1.165, 1.54) is 12.8 Å². The van der Waals surface area contributed by atoms with Crippen LogP contribution < -0.4 is 0 Å². The number of amides is 2. The molecule has 6 nitrogen and oxygen atoms in total. The molecule has 1 unspecified atom stereocenters. The summed E-state index contributed by atoms with van der Waals surface area (Å²) < 4.78 is 0. The predicted octanol–water partition coefficient (Wildman–Crippen LogP) is 1.33. The molecule has 2 heterocycles. The van der Waals surface area contributed by atoms with Gasteiger partial charge in [0.1, 0.15) is 0 Å². The Hall–Kier alpha value is -1.14. The van der Waals surface area contributed by atoms with Crippen LogP contribution in [0.2, 0.25) is 0 Å². The van der Waals surface area contributed by atoms with E-state index in [1.807, 2.05) is 23.9 Å². The summed E-state index contributed by atoms with van der Waals surface area (Å²) in [5, 5.41) is 9.88. The van der Waals surface area contributed by atoms with Crippen molar-refractivity contribution in [2.75, 3.05) is 53.4 Å². The Morgan fingerprint density at radius 2 is 1.48 bits per heavy atom. The van der Waals surface area contributed by atoms with Crippen LogP contribution in [0.5, 0.6) is 0 Å². The maximum Gasteiger partial charge on any atom is 0.223 e. The quantitative estimate of drug-likeness (QED) is 0.782. The lowest BCUT2D eigenvalue weighted by atomic mass is 9.80. The van der Waals surface area contributed by atoms with Crippen LogP contribution in [-0.4, -0.2) is 85.0 Å². The van der Waals surface area contributed by atoms with Crippen molar-refractivity contribution in [3.8, 4) is 0 Å². The molecule has 0 aromatic rings. The summed E-state index contributed by atoms with van der Waals surface area (Å²) >= 11 is 0. The maximum absolute atomic E-state index is 12.6. The molecule has 2 saturated heterocycles. The minimum atomic E-state index is -0.230. The molecule has 0 aliphatic carbocycles. The van der Waals surface area contributed by atoms with Gasteiger partial charge in [-0.15, -0.1) is 0 Å². The van der Waals surface area contributed by atoms with Crippen LogP contribution >= 0.6 is 0 Å². The summed E-state index contributed by atoms with van der Waals surface area (Å²) in [6.07, 6.45) is 7.02. The fourth-order valence-electron chi connectivity index (χ4n) is 4.25. The summed E-state index contributed by atoms with van der Waals surface area (Å²) in [5.41, 5.74) is -0.230. The van der Waals surface area contributed by atoms with Gasteiger partial charge in [-0.2, -0.15) is 0 Å². The topological polar surface area (TPSA) is 64.1 Å². The third-order valence-corrected chi connectivity index (χ3v) is 5.51. The van der Waals surface area contributed by atoms with E-state index in [4.69, 9.17) is 0 Å². The van der Waals surface area contributed by atoms with Crippen LogP contribution in [0.3, 0.4) is 0 Å². The standard InChI is InChI=1S/C19H35N3O3/c1-20(2)14-19(16-23)10-7-13-22(15-19)18(25)9-8-17(24)21-11-5-3-4-6-12-21/h23H,3-16H2,1-2H3. The lowest BCUT2D eigenvalue weighted by molar-refractivity contribution is -0.139. The molecule has 144 valence electrons. The Labute approximate surface area is 152 Å². The number of carbonyl (C=O) groups excluding carboxylic acids is 2. The molecule has 0 saturated carbocycles. The highest BCUT2D eigenvalue weighted by Gasteiger charge is 2.37. The van der Waals surface area contributed by atoms with Crippen molar-refractivity contribution >= 4 is 11.8 Å². The van der Waals surface area contributed by atoms with E-state index in [2.05, 4.69) is 4.90 Å². The zero-order chi connectivity index (χ0) is 18.3. The number of aliphatic hydroxyl groups is 1. The van der Waals surface area contributed by atoms with Crippen molar-refractivity contribution in [1.82, 2.24) is 14.7 Å². The average Bonchev–Trinajstić information content (AvgIpc) is 2.88. The first-order valence-electron chi connectivity index (χ1n) is 9.77. The van der Waals surface area contributed by atoms with Gasteiger partial charge in [0.25, 0.3) is 0 Å². The SMILES string of the molecule is CN(C)CC1(CO)CCCN(C(=O)CCC(=O)N2CCCCCC2)C1. The van der Waals surface area contributed by atoms with Crippen molar-refractivity contribution in [3.63, 3.8) is 0 Å². The third kappa shape index (κ3) is 5.96. The van der Waals surface area contributed by atoms with Gasteiger partial charge in [-0.1, -0.05) is 12.8 Å². The number of piperidine rings is 1. The Morgan fingerprint density at radius 1 is 0.920 bits per heavy atom. The highest BCUT2D eigenvalue weighted by Crippen LogP contribution is 2.30. The summed E-state index contributed by atoms with van der Waals surface area (Å²) in [7, 11) is 4.00. The van der Waals surface area contributed by atoms with Gasteiger partial charge in [-0.25, -0.2) is 0 Å². The number of nitrogens with zero attached hydrogens (tertiary/aromatic N) is 3. The monoisotopic (exact) mass is 353 g/mol. The first kappa shape index (κ1) is 20.2. The summed E-state index contributed by atoms with van der Waals surface area (Å²) in [6, 6.07) is 0. The summed E-state index contributed by atoms with van der Waals surface area (Å²) in [5.74, 6) is 0.174. The van der Waals surface area contributed by atoms with Crippen LogP contribution in [0.15, 0.2) is 0 Å². The van der Waals surface area contributed by atoms with Crippen LogP contribution in [0, 0.1) is 5.41 Å². The van der Waals surface area contributed by atoms with Crippen molar-refractivity contribution in [1.29, 1.82) is 0 Å². The second-order valence-electron chi connectivity index (χ2n) is 8.11. The molecular weight excluding hydrogens is 318 g/mol. The Balaban J connectivity index is 1.84. The number of aliphatic hydroxyl groups excluding tert-OH is 1. The average molecular weight is 354 g/mol. The molecule has 2 aliphatic rings. The van der Waals surface area contributed by atoms with E-state index in [0.717, 1.165) is 51.9 Å². The largest absolute Gasteiger partial charge is 0.396 e.